The highest BCUT2D eigenvalue weighted by molar-refractivity contribution is 7.13. The molecular formula is C18H18N4OS. The summed E-state index contributed by atoms with van der Waals surface area (Å²) in [6.45, 7) is 1.38. The van der Waals surface area contributed by atoms with Crippen molar-refractivity contribution < 1.29 is 4.79 Å². The van der Waals surface area contributed by atoms with Gasteiger partial charge in [-0.15, -0.1) is 11.3 Å². The number of aromatic nitrogens is 2. The largest absolute Gasteiger partial charge is 0.347 e. The molecule has 0 unspecified atom stereocenters. The van der Waals surface area contributed by atoms with E-state index in [1.165, 1.54) is 5.56 Å². The molecule has 3 heterocycles. The average molecular weight is 338 g/mol. The third kappa shape index (κ3) is 2.98. The Bertz CT molecular complexity index is 826. The predicted octanol–water partition coefficient (Wildman–Crippen LogP) is 2.69. The zero-order valence-corrected chi connectivity index (χ0v) is 13.9. The van der Waals surface area contributed by atoms with Crippen LogP contribution in [0, 0.1) is 0 Å². The molecule has 0 fully saturated rings. The summed E-state index contributed by atoms with van der Waals surface area (Å²) in [4.78, 5) is 13.2. The third-order valence-electron chi connectivity index (χ3n) is 4.13. The highest BCUT2D eigenvalue weighted by atomic mass is 32.1. The standard InChI is InChI=1S/C18H18N4OS/c23-18-15-11-14(16-7-4-10-24-16)21-22(15)17(12-20-18)19-9-8-13-5-2-1-3-6-13/h1-7,10-11,17,19H,8-9,12H2,(H,20,23)/t17-/m0/s1. The molecule has 0 saturated heterocycles. The molecule has 0 saturated carbocycles. The van der Waals surface area contributed by atoms with Gasteiger partial charge < -0.3 is 5.32 Å². The molecule has 1 amide bonds. The van der Waals surface area contributed by atoms with Crippen molar-refractivity contribution in [3.8, 4) is 10.6 Å². The minimum absolute atomic E-state index is 0.0184. The highest BCUT2D eigenvalue weighted by Crippen LogP contribution is 2.26. The molecule has 1 aliphatic rings. The fourth-order valence-electron chi connectivity index (χ4n) is 2.90. The van der Waals surface area contributed by atoms with Crippen LogP contribution < -0.4 is 10.6 Å². The van der Waals surface area contributed by atoms with E-state index in [2.05, 4.69) is 40.0 Å². The molecule has 0 bridgehead atoms. The van der Waals surface area contributed by atoms with E-state index in [1.54, 1.807) is 11.3 Å². The molecule has 3 aromatic rings. The Morgan fingerprint density at radius 1 is 1.25 bits per heavy atom. The quantitative estimate of drug-likeness (QED) is 0.752. The molecule has 5 nitrogen and oxygen atoms in total. The smallest absolute Gasteiger partial charge is 0.269 e. The maximum Gasteiger partial charge on any atom is 0.269 e. The van der Waals surface area contributed by atoms with E-state index in [0.29, 0.717) is 12.2 Å². The van der Waals surface area contributed by atoms with E-state index in [4.69, 9.17) is 0 Å². The van der Waals surface area contributed by atoms with Crippen molar-refractivity contribution in [3.63, 3.8) is 0 Å². The summed E-state index contributed by atoms with van der Waals surface area (Å²) in [6.07, 6.45) is 0.926. The van der Waals surface area contributed by atoms with Gasteiger partial charge >= 0.3 is 0 Å². The number of hydrogen-bond donors (Lipinski definition) is 2. The molecule has 2 aromatic heterocycles. The number of fused-ring (bicyclic) bond motifs is 1. The highest BCUT2D eigenvalue weighted by Gasteiger charge is 2.27. The van der Waals surface area contributed by atoms with Gasteiger partial charge in [0.25, 0.3) is 5.91 Å². The lowest BCUT2D eigenvalue weighted by Crippen LogP contribution is -2.45. The van der Waals surface area contributed by atoms with Gasteiger partial charge in [0.1, 0.15) is 17.6 Å². The third-order valence-corrected chi connectivity index (χ3v) is 5.02. The molecule has 1 aromatic carbocycles. The second-order valence-corrected chi connectivity index (χ2v) is 6.70. The van der Waals surface area contributed by atoms with E-state index in [0.717, 1.165) is 23.5 Å². The molecule has 122 valence electrons. The maximum atomic E-state index is 12.1. The molecule has 1 aliphatic heterocycles. The molecule has 0 radical (unpaired) electrons. The number of thiophene rings is 1. The van der Waals surface area contributed by atoms with Gasteiger partial charge in [-0.2, -0.15) is 5.10 Å². The number of benzene rings is 1. The lowest BCUT2D eigenvalue weighted by molar-refractivity contribution is 0.0901. The first kappa shape index (κ1) is 15.1. The van der Waals surface area contributed by atoms with Gasteiger partial charge in [-0.1, -0.05) is 36.4 Å². The van der Waals surface area contributed by atoms with Gasteiger partial charge in [0, 0.05) is 6.54 Å². The SMILES string of the molecule is O=C1NC[C@@H](NCCc2ccccc2)n2nc(-c3cccs3)cc21. The summed E-state index contributed by atoms with van der Waals surface area (Å²) in [5, 5.41) is 13.1. The number of hydrogen-bond acceptors (Lipinski definition) is 4. The van der Waals surface area contributed by atoms with Crippen molar-refractivity contribution in [1.29, 1.82) is 0 Å². The summed E-state index contributed by atoms with van der Waals surface area (Å²) >= 11 is 1.63. The molecule has 6 heteroatoms. The van der Waals surface area contributed by atoms with Crippen molar-refractivity contribution in [2.45, 2.75) is 12.6 Å². The number of carbonyl (C=O) groups is 1. The molecule has 2 N–H and O–H groups in total. The first-order valence-electron chi connectivity index (χ1n) is 8.00. The van der Waals surface area contributed by atoms with Crippen LogP contribution in [0.5, 0.6) is 0 Å². The average Bonchev–Trinajstić information content (AvgIpc) is 3.27. The van der Waals surface area contributed by atoms with Crippen LogP contribution in [0.1, 0.15) is 22.2 Å². The Balaban J connectivity index is 1.50. The zero-order valence-electron chi connectivity index (χ0n) is 13.1. The van der Waals surface area contributed by atoms with Gasteiger partial charge in [0.2, 0.25) is 0 Å². The van der Waals surface area contributed by atoms with Crippen molar-refractivity contribution in [2.75, 3.05) is 13.1 Å². The molecule has 24 heavy (non-hydrogen) atoms. The van der Waals surface area contributed by atoms with Crippen LogP contribution in [-0.2, 0) is 6.42 Å². The van der Waals surface area contributed by atoms with Gasteiger partial charge in [-0.05, 0) is 29.5 Å². The first-order chi connectivity index (χ1) is 11.8. The summed E-state index contributed by atoms with van der Waals surface area (Å²) in [5.74, 6) is -0.0635. The maximum absolute atomic E-state index is 12.1. The number of nitrogens with zero attached hydrogens (tertiary/aromatic N) is 2. The van der Waals surface area contributed by atoms with Crippen LogP contribution in [0.3, 0.4) is 0 Å². The summed E-state index contributed by atoms with van der Waals surface area (Å²) in [5.41, 5.74) is 2.76. The molecule has 1 atom stereocenters. The van der Waals surface area contributed by atoms with Crippen LogP contribution in [0.2, 0.25) is 0 Å². The number of rotatable bonds is 5. The van der Waals surface area contributed by atoms with Crippen LogP contribution in [0.25, 0.3) is 10.6 Å². The Hall–Kier alpha value is -2.44. The fraction of sp³-hybridized carbons (Fsp3) is 0.222. The minimum atomic E-state index is -0.0635. The monoisotopic (exact) mass is 338 g/mol. The van der Waals surface area contributed by atoms with Crippen molar-refractivity contribution in [1.82, 2.24) is 20.4 Å². The summed E-state index contributed by atoms with van der Waals surface area (Å²) in [6, 6.07) is 16.3. The van der Waals surface area contributed by atoms with Crippen LogP contribution >= 0.6 is 11.3 Å². The lowest BCUT2D eigenvalue weighted by Gasteiger charge is -2.25. The van der Waals surface area contributed by atoms with Crippen LogP contribution in [0.4, 0.5) is 0 Å². The van der Waals surface area contributed by atoms with Gasteiger partial charge in [-0.25, -0.2) is 4.68 Å². The number of amides is 1. The molecule has 0 spiro atoms. The Morgan fingerprint density at radius 3 is 2.92 bits per heavy atom. The second kappa shape index (κ2) is 6.59. The van der Waals surface area contributed by atoms with E-state index in [1.807, 2.05) is 34.3 Å². The van der Waals surface area contributed by atoms with Crippen molar-refractivity contribution >= 4 is 17.2 Å². The molecule has 0 aliphatic carbocycles. The van der Waals surface area contributed by atoms with Crippen molar-refractivity contribution in [3.05, 3.63) is 65.2 Å². The van der Waals surface area contributed by atoms with Gasteiger partial charge in [-0.3, -0.25) is 10.1 Å². The zero-order chi connectivity index (χ0) is 16.4. The van der Waals surface area contributed by atoms with E-state index in [-0.39, 0.29) is 12.1 Å². The Labute approximate surface area is 144 Å². The molecule has 4 rings (SSSR count). The minimum Gasteiger partial charge on any atom is -0.347 e. The van der Waals surface area contributed by atoms with E-state index in [9.17, 15) is 4.79 Å². The Morgan fingerprint density at radius 2 is 2.12 bits per heavy atom. The second-order valence-electron chi connectivity index (χ2n) is 5.75. The summed E-state index contributed by atoms with van der Waals surface area (Å²) < 4.78 is 1.82. The normalized spacial score (nSPS) is 16.7. The Kier molecular flexibility index (Phi) is 4.15. The van der Waals surface area contributed by atoms with E-state index >= 15 is 0 Å². The molecular weight excluding hydrogens is 320 g/mol. The number of carbonyl (C=O) groups excluding carboxylic acids is 1. The van der Waals surface area contributed by atoms with Crippen molar-refractivity contribution in [2.24, 2.45) is 0 Å². The summed E-state index contributed by atoms with van der Waals surface area (Å²) in [7, 11) is 0. The number of nitrogens with one attached hydrogen (secondary N) is 2. The lowest BCUT2D eigenvalue weighted by atomic mass is 10.1. The first-order valence-corrected chi connectivity index (χ1v) is 8.88. The fourth-order valence-corrected chi connectivity index (χ4v) is 3.58. The van der Waals surface area contributed by atoms with E-state index < -0.39 is 0 Å². The van der Waals surface area contributed by atoms with Gasteiger partial charge in [0.15, 0.2) is 0 Å². The topological polar surface area (TPSA) is 59.0 Å². The van der Waals surface area contributed by atoms with Crippen LogP contribution in [0.15, 0.2) is 53.9 Å². The van der Waals surface area contributed by atoms with Gasteiger partial charge in [0.05, 0.1) is 11.4 Å². The van der Waals surface area contributed by atoms with Crippen LogP contribution in [-0.4, -0.2) is 28.8 Å². The predicted molar refractivity (Wildman–Crippen MR) is 95.1 cm³/mol.